The molecule has 1 fully saturated rings. The summed E-state index contributed by atoms with van der Waals surface area (Å²) >= 11 is 0. The van der Waals surface area contributed by atoms with E-state index in [1.807, 2.05) is 31.2 Å². The van der Waals surface area contributed by atoms with E-state index in [1.54, 1.807) is 0 Å². The van der Waals surface area contributed by atoms with E-state index in [1.165, 1.54) is 4.31 Å². The Morgan fingerprint density at radius 2 is 1.83 bits per heavy atom. The van der Waals surface area contributed by atoms with Gasteiger partial charge in [0.1, 0.15) is 5.75 Å². The van der Waals surface area contributed by atoms with Crippen molar-refractivity contribution in [1.29, 1.82) is 0 Å². The van der Waals surface area contributed by atoms with E-state index in [2.05, 4.69) is 5.32 Å². The Labute approximate surface area is 144 Å². The number of ether oxygens (including phenoxy) is 1. The molecule has 0 saturated carbocycles. The second-order valence-electron chi connectivity index (χ2n) is 5.88. The number of nitrogens with zero attached hydrogens (tertiary/aromatic N) is 1. The van der Waals surface area contributed by atoms with Gasteiger partial charge in [0.25, 0.3) is 0 Å². The summed E-state index contributed by atoms with van der Waals surface area (Å²) in [4.78, 5) is 11.9. The van der Waals surface area contributed by atoms with Crippen LogP contribution in [0.25, 0.3) is 0 Å². The second kappa shape index (κ2) is 9.03. The van der Waals surface area contributed by atoms with E-state index in [0.717, 1.165) is 30.6 Å². The van der Waals surface area contributed by atoms with Gasteiger partial charge in [0.2, 0.25) is 15.9 Å². The van der Waals surface area contributed by atoms with E-state index >= 15 is 0 Å². The van der Waals surface area contributed by atoms with Crippen LogP contribution < -0.4 is 10.1 Å². The standard InChI is InChI=1S/C17H26N2O4S/c1-2-23-16-8-6-15(7-9-16)14-17(20)18-10-13-24(21,22)19-11-4-3-5-12-19/h6-9H,2-5,10-14H2,1H3,(H,18,20). The van der Waals surface area contributed by atoms with Crippen molar-refractivity contribution in [3.8, 4) is 5.75 Å². The summed E-state index contributed by atoms with van der Waals surface area (Å²) in [5, 5.41) is 2.69. The predicted octanol–water partition coefficient (Wildman–Crippen LogP) is 1.56. The van der Waals surface area contributed by atoms with Gasteiger partial charge in [0, 0.05) is 19.6 Å². The third-order valence-corrected chi connectivity index (χ3v) is 5.86. The molecule has 0 radical (unpaired) electrons. The lowest BCUT2D eigenvalue weighted by Gasteiger charge is -2.25. The maximum Gasteiger partial charge on any atom is 0.224 e. The molecule has 0 aromatic heterocycles. The molecule has 1 amide bonds. The van der Waals surface area contributed by atoms with E-state index in [-0.39, 0.29) is 24.6 Å². The lowest BCUT2D eigenvalue weighted by Crippen LogP contribution is -2.40. The van der Waals surface area contributed by atoms with Crippen LogP contribution in [-0.2, 0) is 21.2 Å². The molecule has 0 atom stereocenters. The number of hydrogen-bond donors (Lipinski definition) is 1. The number of carbonyl (C=O) groups is 1. The highest BCUT2D eigenvalue weighted by Gasteiger charge is 2.23. The molecule has 0 aliphatic carbocycles. The summed E-state index contributed by atoms with van der Waals surface area (Å²) in [5.74, 6) is 0.560. The van der Waals surface area contributed by atoms with Crippen molar-refractivity contribution >= 4 is 15.9 Å². The minimum Gasteiger partial charge on any atom is -0.494 e. The summed E-state index contributed by atoms with van der Waals surface area (Å²) in [7, 11) is -3.26. The van der Waals surface area contributed by atoms with Crippen molar-refractivity contribution in [2.75, 3.05) is 32.0 Å². The Bertz CT molecular complexity index is 622. The number of hydrogen-bond acceptors (Lipinski definition) is 4. The fourth-order valence-electron chi connectivity index (χ4n) is 2.71. The first kappa shape index (κ1) is 18.7. The van der Waals surface area contributed by atoms with Crippen LogP contribution in [0.15, 0.2) is 24.3 Å². The molecule has 1 N–H and O–H groups in total. The minimum absolute atomic E-state index is 0.0397. The molecule has 6 nitrogen and oxygen atoms in total. The molecule has 7 heteroatoms. The van der Waals surface area contributed by atoms with Crippen molar-refractivity contribution in [1.82, 2.24) is 9.62 Å². The number of benzene rings is 1. The summed E-state index contributed by atoms with van der Waals surface area (Å²) in [6.07, 6.45) is 3.16. The SMILES string of the molecule is CCOc1ccc(CC(=O)NCCS(=O)(=O)N2CCCCC2)cc1. The molecule has 1 heterocycles. The normalized spacial score (nSPS) is 15.9. The monoisotopic (exact) mass is 354 g/mol. The molecule has 0 bridgehead atoms. The molecular formula is C17H26N2O4S. The Hall–Kier alpha value is -1.60. The van der Waals surface area contributed by atoms with E-state index in [4.69, 9.17) is 4.74 Å². The Balaban J connectivity index is 1.74. The molecule has 1 aliphatic rings. The van der Waals surface area contributed by atoms with Crippen LogP contribution in [-0.4, -0.2) is 50.6 Å². The third-order valence-electron chi connectivity index (χ3n) is 3.99. The number of amides is 1. The second-order valence-corrected chi connectivity index (χ2v) is 7.97. The quantitative estimate of drug-likeness (QED) is 0.769. The van der Waals surface area contributed by atoms with Crippen LogP contribution in [0.2, 0.25) is 0 Å². The highest BCUT2D eigenvalue weighted by molar-refractivity contribution is 7.89. The van der Waals surface area contributed by atoms with Gasteiger partial charge in [0.15, 0.2) is 0 Å². The summed E-state index contributed by atoms with van der Waals surface area (Å²) in [6, 6.07) is 7.34. The van der Waals surface area contributed by atoms with Gasteiger partial charge in [-0.25, -0.2) is 12.7 Å². The Kier molecular flexibility index (Phi) is 7.05. The van der Waals surface area contributed by atoms with E-state index in [9.17, 15) is 13.2 Å². The first-order chi connectivity index (χ1) is 11.5. The first-order valence-electron chi connectivity index (χ1n) is 8.47. The summed E-state index contributed by atoms with van der Waals surface area (Å²) in [6.45, 7) is 3.87. The van der Waals surface area contributed by atoms with Crippen LogP contribution in [0.1, 0.15) is 31.7 Å². The van der Waals surface area contributed by atoms with Gasteiger partial charge in [-0.3, -0.25) is 4.79 Å². The molecule has 1 aliphatic heterocycles. The lowest BCUT2D eigenvalue weighted by atomic mass is 10.1. The van der Waals surface area contributed by atoms with Crippen molar-refractivity contribution in [3.05, 3.63) is 29.8 Å². The van der Waals surface area contributed by atoms with Crippen molar-refractivity contribution in [2.45, 2.75) is 32.6 Å². The fraction of sp³-hybridized carbons (Fsp3) is 0.588. The number of sulfonamides is 1. The smallest absolute Gasteiger partial charge is 0.224 e. The van der Waals surface area contributed by atoms with Gasteiger partial charge >= 0.3 is 0 Å². The van der Waals surface area contributed by atoms with Gasteiger partial charge in [-0.15, -0.1) is 0 Å². The van der Waals surface area contributed by atoms with Gasteiger partial charge in [-0.1, -0.05) is 18.6 Å². The van der Waals surface area contributed by atoms with E-state index in [0.29, 0.717) is 19.7 Å². The largest absolute Gasteiger partial charge is 0.494 e. The van der Waals surface area contributed by atoms with Crippen molar-refractivity contribution in [3.63, 3.8) is 0 Å². The minimum atomic E-state index is -3.26. The average Bonchev–Trinajstić information content (AvgIpc) is 2.57. The summed E-state index contributed by atoms with van der Waals surface area (Å²) in [5.41, 5.74) is 0.870. The number of rotatable bonds is 8. The van der Waals surface area contributed by atoms with Crippen LogP contribution in [0.3, 0.4) is 0 Å². The zero-order chi connectivity index (χ0) is 17.4. The van der Waals surface area contributed by atoms with Gasteiger partial charge < -0.3 is 10.1 Å². The van der Waals surface area contributed by atoms with Crippen LogP contribution >= 0.6 is 0 Å². The molecular weight excluding hydrogens is 328 g/mol. The summed E-state index contributed by atoms with van der Waals surface area (Å²) < 4.78 is 31.3. The molecule has 1 aromatic rings. The Morgan fingerprint density at radius 3 is 2.46 bits per heavy atom. The zero-order valence-electron chi connectivity index (χ0n) is 14.2. The van der Waals surface area contributed by atoms with Crippen LogP contribution in [0.5, 0.6) is 5.75 Å². The van der Waals surface area contributed by atoms with E-state index < -0.39 is 10.0 Å². The van der Waals surface area contributed by atoms with Crippen LogP contribution in [0.4, 0.5) is 0 Å². The fourth-order valence-corrected chi connectivity index (χ4v) is 4.14. The number of piperidine rings is 1. The first-order valence-corrected chi connectivity index (χ1v) is 10.1. The zero-order valence-corrected chi connectivity index (χ0v) is 15.0. The molecule has 2 rings (SSSR count). The average molecular weight is 354 g/mol. The van der Waals surface area contributed by atoms with Gasteiger partial charge in [0.05, 0.1) is 18.8 Å². The molecule has 0 unspecified atom stereocenters. The van der Waals surface area contributed by atoms with Crippen molar-refractivity contribution < 1.29 is 17.9 Å². The lowest BCUT2D eigenvalue weighted by molar-refractivity contribution is -0.120. The molecule has 1 aromatic carbocycles. The number of carbonyl (C=O) groups excluding carboxylic acids is 1. The van der Waals surface area contributed by atoms with Crippen LogP contribution in [0, 0.1) is 0 Å². The maximum absolute atomic E-state index is 12.2. The highest BCUT2D eigenvalue weighted by Crippen LogP contribution is 2.14. The molecule has 0 spiro atoms. The number of nitrogens with one attached hydrogen (secondary N) is 1. The molecule has 1 saturated heterocycles. The predicted molar refractivity (Wildman–Crippen MR) is 93.5 cm³/mol. The Morgan fingerprint density at radius 1 is 1.17 bits per heavy atom. The topological polar surface area (TPSA) is 75.7 Å². The van der Waals surface area contributed by atoms with Gasteiger partial charge in [-0.05, 0) is 37.5 Å². The molecule has 24 heavy (non-hydrogen) atoms. The molecule has 134 valence electrons. The van der Waals surface area contributed by atoms with Crippen molar-refractivity contribution in [2.24, 2.45) is 0 Å². The maximum atomic E-state index is 12.2. The highest BCUT2D eigenvalue weighted by atomic mass is 32.2. The third kappa shape index (κ3) is 5.79. The van der Waals surface area contributed by atoms with Gasteiger partial charge in [-0.2, -0.15) is 0 Å².